The Balaban J connectivity index is 2.17. The molecule has 4 N–H and O–H groups in total. The lowest BCUT2D eigenvalue weighted by Crippen LogP contribution is -2.22. The van der Waals surface area contributed by atoms with Crippen LogP contribution < -0.4 is 21.1 Å². The van der Waals surface area contributed by atoms with Gasteiger partial charge in [-0.15, -0.1) is 0 Å². The largest absolute Gasteiger partial charge is 0.495 e. The molecule has 0 unspecified atom stereocenters. The minimum atomic E-state index is -0.647. The van der Waals surface area contributed by atoms with Crippen LogP contribution in [0.1, 0.15) is 10.5 Å². The van der Waals surface area contributed by atoms with Crippen LogP contribution in [0.4, 0.5) is 11.4 Å². The first kappa shape index (κ1) is 16.1. The number of carbonyl (C=O) groups excluding carboxylic acids is 1. The molecule has 0 saturated carbocycles. The minimum absolute atomic E-state index is 0.102. The van der Waals surface area contributed by atoms with Crippen LogP contribution in [0.3, 0.4) is 0 Å². The predicted molar refractivity (Wildman–Crippen MR) is 89.6 cm³/mol. The Morgan fingerprint density at radius 1 is 1.41 bits per heavy atom. The van der Waals surface area contributed by atoms with Crippen molar-refractivity contribution < 1.29 is 9.53 Å². The predicted octanol–water partition coefficient (Wildman–Crippen LogP) is 1.99. The fourth-order valence-electron chi connectivity index (χ4n) is 1.82. The zero-order chi connectivity index (χ0) is 16.3. The lowest BCUT2D eigenvalue weighted by Gasteiger charge is -2.13. The molecule has 0 aliphatic rings. The van der Waals surface area contributed by atoms with E-state index in [1.807, 2.05) is 0 Å². The van der Waals surface area contributed by atoms with Crippen molar-refractivity contribution in [2.24, 2.45) is 12.8 Å². The first-order valence-corrected chi connectivity index (χ1v) is 6.94. The molecule has 7 nitrogen and oxygen atoms in total. The molecule has 1 heterocycles. The third-order valence-electron chi connectivity index (χ3n) is 2.72. The Hall–Kier alpha value is -2.32. The molecule has 0 radical (unpaired) electrons. The number of hydrogen-bond acceptors (Lipinski definition) is 4. The average Bonchev–Trinajstić information content (AvgIpc) is 2.80. The molecule has 9 heteroatoms. The van der Waals surface area contributed by atoms with Crippen molar-refractivity contribution in [1.29, 1.82) is 0 Å². The molecule has 1 aromatic heterocycles. The number of amides is 1. The summed E-state index contributed by atoms with van der Waals surface area (Å²) in [6.45, 7) is 0. The summed E-state index contributed by atoms with van der Waals surface area (Å²) in [6, 6.07) is 5.09. The lowest BCUT2D eigenvalue weighted by atomic mass is 10.3. The van der Waals surface area contributed by atoms with E-state index in [9.17, 15) is 4.79 Å². The summed E-state index contributed by atoms with van der Waals surface area (Å²) in [7, 11) is 3.21. The molecule has 1 aromatic carbocycles. The van der Waals surface area contributed by atoms with Crippen LogP contribution in [0.15, 0.2) is 24.4 Å². The van der Waals surface area contributed by atoms with Gasteiger partial charge in [0.2, 0.25) is 0 Å². The van der Waals surface area contributed by atoms with E-state index in [4.69, 9.17) is 34.3 Å². The number of thiocarbonyl (C=S) groups is 1. The normalized spacial score (nSPS) is 10.1. The number of nitrogens with two attached hydrogens (primary N) is 1. The van der Waals surface area contributed by atoms with Crippen molar-refractivity contribution in [2.45, 2.75) is 0 Å². The number of aromatic nitrogens is 2. The number of nitrogens with zero attached hydrogens (tertiary/aromatic N) is 2. The van der Waals surface area contributed by atoms with E-state index in [0.29, 0.717) is 22.1 Å². The van der Waals surface area contributed by atoms with E-state index in [1.165, 1.54) is 11.8 Å². The molecular weight excluding hydrogens is 326 g/mol. The highest BCUT2D eigenvalue weighted by Gasteiger charge is 2.14. The van der Waals surface area contributed by atoms with Crippen molar-refractivity contribution >= 4 is 46.2 Å². The number of rotatable bonds is 4. The summed E-state index contributed by atoms with van der Waals surface area (Å²) < 4.78 is 6.68. The highest BCUT2D eigenvalue weighted by Crippen LogP contribution is 2.27. The summed E-state index contributed by atoms with van der Waals surface area (Å²) >= 11 is 11.2. The van der Waals surface area contributed by atoms with Crippen LogP contribution in [0.25, 0.3) is 0 Å². The zero-order valence-corrected chi connectivity index (χ0v) is 13.5. The molecule has 0 aliphatic heterocycles. The van der Waals surface area contributed by atoms with E-state index < -0.39 is 5.91 Å². The highest BCUT2D eigenvalue weighted by atomic mass is 35.5. The summed E-state index contributed by atoms with van der Waals surface area (Å²) in [5.74, 6) is -0.0684. The average molecular weight is 340 g/mol. The first-order valence-electron chi connectivity index (χ1n) is 6.15. The Morgan fingerprint density at radius 3 is 2.73 bits per heavy atom. The smallest absolute Gasteiger partial charge is 0.271 e. The fourth-order valence-corrected chi connectivity index (χ4v) is 2.21. The van der Waals surface area contributed by atoms with E-state index in [-0.39, 0.29) is 10.8 Å². The summed E-state index contributed by atoms with van der Waals surface area (Å²) in [6.07, 6.45) is 1.60. The number of hydrogen-bond donors (Lipinski definition) is 3. The molecule has 0 saturated heterocycles. The van der Waals surface area contributed by atoms with Gasteiger partial charge in [-0.3, -0.25) is 9.48 Å². The molecule has 1 amide bonds. The van der Waals surface area contributed by atoms with Crippen molar-refractivity contribution in [3.8, 4) is 5.75 Å². The number of benzene rings is 1. The Kier molecular flexibility index (Phi) is 4.84. The molecule has 22 heavy (non-hydrogen) atoms. The van der Waals surface area contributed by atoms with Crippen LogP contribution in [0, 0.1) is 0 Å². The Labute approximate surface area is 137 Å². The van der Waals surface area contributed by atoms with Crippen LogP contribution in [-0.4, -0.2) is 27.9 Å². The SMILES string of the molecule is COc1ccc(Cl)cc1NC(=S)Nc1cn(C)nc1C(N)=O. The summed E-state index contributed by atoms with van der Waals surface area (Å²) in [5, 5.41) is 10.6. The lowest BCUT2D eigenvalue weighted by molar-refractivity contribution is 0.0995. The molecule has 2 aromatic rings. The Bertz CT molecular complexity index is 731. The number of methoxy groups -OCH3 is 1. The van der Waals surface area contributed by atoms with E-state index in [1.54, 1.807) is 31.4 Å². The molecule has 0 atom stereocenters. The van der Waals surface area contributed by atoms with E-state index in [0.717, 1.165) is 0 Å². The van der Waals surface area contributed by atoms with Gasteiger partial charge in [0, 0.05) is 18.3 Å². The van der Waals surface area contributed by atoms with Gasteiger partial charge in [0.15, 0.2) is 10.8 Å². The molecule has 0 bridgehead atoms. The second kappa shape index (κ2) is 6.63. The van der Waals surface area contributed by atoms with E-state index in [2.05, 4.69) is 15.7 Å². The molecule has 0 fully saturated rings. The van der Waals surface area contributed by atoms with Gasteiger partial charge in [-0.2, -0.15) is 5.10 Å². The molecule has 0 spiro atoms. The van der Waals surface area contributed by atoms with Crippen LogP contribution in [0.5, 0.6) is 5.75 Å². The van der Waals surface area contributed by atoms with Gasteiger partial charge in [0.25, 0.3) is 5.91 Å². The number of halogens is 1. The highest BCUT2D eigenvalue weighted by molar-refractivity contribution is 7.80. The zero-order valence-electron chi connectivity index (χ0n) is 11.9. The number of primary amides is 1. The van der Waals surface area contributed by atoms with Gasteiger partial charge >= 0.3 is 0 Å². The monoisotopic (exact) mass is 339 g/mol. The van der Waals surface area contributed by atoms with Crippen molar-refractivity contribution in [2.75, 3.05) is 17.7 Å². The maximum atomic E-state index is 11.3. The van der Waals surface area contributed by atoms with Gasteiger partial charge in [-0.1, -0.05) is 11.6 Å². The van der Waals surface area contributed by atoms with Crippen molar-refractivity contribution in [1.82, 2.24) is 9.78 Å². The quantitative estimate of drug-likeness (QED) is 0.737. The second-order valence-electron chi connectivity index (χ2n) is 4.35. The maximum absolute atomic E-state index is 11.3. The minimum Gasteiger partial charge on any atom is -0.495 e. The van der Waals surface area contributed by atoms with Crippen molar-refractivity contribution in [3.63, 3.8) is 0 Å². The van der Waals surface area contributed by atoms with Crippen molar-refractivity contribution in [3.05, 3.63) is 35.1 Å². The number of aryl methyl sites for hydroxylation is 1. The number of ether oxygens (including phenoxy) is 1. The van der Waals surface area contributed by atoms with Crippen LogP contribution >= 0.6 is 23.8 Å². The number of nitrogens with one attached hydrogen (secondary N) is 2. The standard InChI is InChI=1S/C13H14ClN5O2S/c1-19-6-9(11(18-19)12(15)20)17-13(22)16-8-5-7(14)3-4-10(8)21-2/h3-6H,1-2H3,(H2,15,20)(H2,16,17,22). The van der Waals surface area contributed by atoms with E-state index >= 15 is 0 Å². The van der Waals surface area contributed by atoms with Gasteiger partial charge in [-0.05, 0) is 30.4 Å². The number of anilines is 2. The molecule has 116 valence electrons. The van der Waals surface area contributed by atoms with Gasteiger partial charge in [0.05, 0.1) is 18.5 Å². The molecular formula is C13H14ClN5O2S. The van der Waals surface area contributed by atoms with Gasteiger partial charge in [-0.25, -0.2) is 0 Å². The molecule has 2 rings (SSSR count). The Morgan fingerprint density at radius 2 is 2.09 bits per heavy atom. The summed E-state index contributed by atoms with van der Waals surface area (Å²) in [4.78, 5) is 11.3. The third kappa shape index (κ3) is 3.66. The maximum Gasteiger partial charge on any atom is 0.271 e. The first-order chi connectivity index (χ1) is 10.4. The number of carbonyl (C=O) groups is 1. The second-order valence-corrected chi connectivity index (χ2v) is 5.20. The van der Waals surface area contributed by atoms with Gasteiger partial charge in [0.1, 0.15) is 5.75 Å². The molecule has 0 aliphatic carbocycles. The van der Waals surface area contributed by atoms with Crippen LogP contribution in [-0.2, 0) is 7.05 Å². The summed E-state index contributed by atoms with van der Waals surface area (Å²) in [5.41, 5.74) is 6.37. The van der Waals surface area contributed by atoms with Gasteiger partial charge < -0.3 is 21.1 Å². The fraction of sp³-hybridized carbons (Fsp3) is 0.154. The topological polar surface area (TPSA) is 94.2 Å². The third-order valence-corrected chi connectivity index (χ3v) is 3.16. The van der Waals surface area contributed by atoms with Crippen LogP contribution in [0.2, 0.25) is 5.02 Å².